The van der Waals surface area contributed by atoms with Crippen molar-refractivity contribution in [2.75, 3.05) is 91.5 Å². The van der Waals surface area contributed by atoms with Gasteiger partial charge in [-0.15, -0.1) is 23.5 Å². The van der Waals surface area contributed by atoms with Crippen molar-refractivity contribution in [3.05, 3.63) is 35.8 Å². The summed E-state index contributed by atoms with van der Waals surface area (Å²) in [5.74, 6) is -5.66. The molecule has 14 atom stereocenters. The molecule has 1 saturated heterocycles. The van der Waals surface area contributed by atoms with E-state index in [1.807, 2.05) is 37.8 Å². The molecule has 0 aliphatic carbocycles. The zero-order valence-electron chi connectivity index (χ0n) is 61.4. The first-order valence-corrected chi connectivity index (χ1v) is 38.7. The van der Waals surface area contributed by atoms with Gasteiger partial charge in [0.05, 0.1) is 66.4 Å². The molecule has 1 aliphatic heterocycles. The largest absolute Gasteiger partial charge is 0.480 e. The molecule has 9 unspecified atom stereocenters. The van der Waals surface area contributed by atoms with Gasteiger partial charge in [0.25, 0.3) is 6.47 Å². The van der Waals surface area contributed by atoms with Gasteiger partial charge in [0.1, 0.15) is 50.3 Å². The molecule has 0 saturated carbocycles. The first-order chi connectivity index (χ1) is 46.9. The summed E-state index contributed by atoms with van der Waals surface area (Å²) >= 11 is 7.32. The van der Waals surface area contributed by atoms with Crippen LogP contribution < -0.4 is 5.32 Å². The normalized spacial score (nSPS) is 20.9. The maximum absolute atomic E-state index is 15.4. The number of aromatic nitrogens is 1. The monoisotopic (exact) mass is 1500 g/mol. The second-order valence-corrected chi connectivity index (χ2v) is 34.1. The van der Waals surface area contributed by atoms with E-state index in [1.165, 1.54) is 61.0 Å². The van der Waals surface area contributed by atoms with E-state index in [2.05, 4.69) is 15.1 Å². The Morgan fingerprint density at radius 3 is 1.94 bits per heavy atom. The minimum atomic E-state index is -1.84. The third-order valence-corrected chi connectivity index (χ3v) is 22.7. The summed E-state index contributed by atoms with van der Waals surface area (Å²) in [5, 5.41) is 21.8. The smallest absolute Gasteiger partial charge is 0.319 e. The Hall–Kier alpha value is -4.45. The Bertz CT molecular complexity index is 2790. The van der Waals surface area contributed by atoms with Crippen molar-refractivity contribution in [2.45, 2.75) is 228 Å². The average Bonchev–Trinajstić information content (AvgIpc) is 0.774. The van der Waals surface area contributed by atoms with Gasteiger partial charge in [-0.05, 0) is 103 Å². The molecule has 1 fully saturated rings. The van der Waals surface area contributed by atoms with Gasteiger partial charge in [-0.25, -0.2) is 11.6 Å². The van der Waals surface area contributed by atoms with E-state index >= 15 is 14.4 Å². The molecule has 564 valence electrons. The standard InChI is InChI=1S/C68H110B2N4O21S5/c1-18-21-29-89-57(82)62(9,41-68(25-19-2,56(80)81)99-61(96)97-20-3)39-64(11,58(83)90-31-28-74(16)17)44-70-66(13,59(84)92-36-37-98-100-51-24-22-23-27-72-51)40-63(10,55(79)73-38-46(4)76)43-69-67(14,42-65(12,71-15)26-30-87-45-75)60(85)91-35-33-86-32-34-88-54-53(95-50(8)78)52(94-49(7)77)47(5)48(6)93-54/h22-24,27,45-48,52-54,61,76,96H,18-21,25-26,28-44H2,1-14,16-17H3,(H,73,79)(H,80,81)/t46?,47-,48+,52-,53+,54+,61?,62?,63?,64?,65?,66?,67?,68?/m0/s1. The lowest BCUT2D eigenvalue weighted by Gasteiger charge is -2.43. The van der Waals surface area contributed by atoms with Crippen LogP contribution in [-0.4, -0.2) is 225 Å². The summed E-state index contributed by atoms with van der Waals surface area (Å²) in [6, 6.07) is 5.45. The van der Waals surface area contributed by atoms with Gasteiger partial charge >= 0.3 is 41.8 Å². The number of aliphatic hydroxyl groups is 1. The second-order valence-electron chi connectivity index (χ2n) is 27.3. The van der Waals surface area contributed by atoms with Gasteiger partial charge in [0.2, 0.25) is 11.4 Å². The molecule has 100 heavy (non-hydrogen) atoms. The van der Waals surface area contributed by atoms with E-state index < -0.39 is 126 Å². The molecule has 1 aromatic heterocycles. The van der Waals surface area contributed by atoms with E-state index in [-0.39, 0.29) is 122 Å². The van der Waals surface area contributed by atoms with Gasteiger partial charge in [0.15, 0.2) is 12.4 Å². The fraction of sp³-hybridized carbons (Fsp3) is 0.779. The van der Waals surface area contributed by atoms with Crippen LogP contribution in [0.4, 0.5) is 0 Å². The van der Waals surface area contributed by atoms with Crippen molar-refractivity contribution in [1.29, 1.82) is 0 Å². The first-order valence-electron chi connectivity index (χ1n) is 33.9. The predicted molar refractivity (Wildman–Crippen MR) is 392 cm³/mol. The number of rotatable bonds is 52. The van der Waals surface area contributed by atoms with Crippen LogP contribution in [0.2, 0.25) is 23.3 Å². The highest BCUT2D eigenvalue weighted by atomic mass is 33.1. The van der Waals surface area contributed by atoms with Gasteiger partial charge in [-0.1, -0.05) is 90.8 Å². The SMILES string of the molecule is [C-]#[N+]C(C)(CCOC=O)CC(C)([B]CC(C)(CC(C)([B]CC(C)(CC(C)(CC(CCC)(SC(S)SCC)C(=O)O)C(=O)OCCCC)C(=O)OCCN(C)C)C(=O)OCCSSc1ccccn1)C(=O)NCC(C)O)C(=O)OCCOCCO[C@@H]1O[C@H](C)[C@H](C)[C@H](OC(C)=O)[C@H]1OC(C)=O. The predicted octanol–water partition coefficient (Wildman–Crippen LogP) is 9.88. The average molecular weight is 1500 g/mol. The quantitative estimate of drug-likeness (QED) is 0.00542. The van der Waals surface area contributed by atoms with Crippen molar-refractivity contribution < 1.29 is 101 Å². The van der Waals surface area contributed by atoms with Crippen molar-refractivity contribution in [3.63, 3.8) is 0 Å². The fourth-order valence-electron chi connectivity index (χ4n) is 11.7. The molecule has 2 radical (unpaired) electrons. The van der Waals surface area contributed by atoms with Crippen LogP contribution in [0.15, 0.2) is 29.4 Å². The van der Waals surface area contributed by atoms with Gasteiger partial charge < -0.3 is 72.6 Å². The summed E-state index contributed by atoms with van der Waals surface area (Å²) in [7, 11) is 9.45. The van der Waals surface area contributed by atoms with Crippen molar-refractivity contribution in [3.8, 4) is 0 Å². The van der Waals surface area contributed by atoms with Crippen LogP contribution in [-0.2, 0) is 90.5 Å². The Morgan fingerprint density at radius 2 is 1.37 bits per heavy atom. The highest BCUT2D eigenvalue weighted by molar-refractivity contribution is 8.76. The topological polar surface area (TPSA) is 319 Å². The molecule has 25 nitrogen and oxygen atoms in total. The number of aliphatic carboxylic acids is 1. The van der Waals surface area contributed by atoms with E-state index in [4.69, 9.17) is 66.6 Å². The number of carbonyl (C=O) groups is 9. The number of thioether (sulfide) groups is 2. The Morgan fingerprint density at radius 1 is 0.770 bits per heavy atom. The lowest BCUT2D eigenvalue weighted by atomic mass is 9.39. The fourth-order valence-corrected chi connectivity index (χ4v) is 17.2. The molecule has 1 amide bonds. The Labute approximate surface area is 616 Å². The van der Waals surface area contributed by atoms with E-state index in [1.54, 1.807) is 89.4 Å². The molecule has 0 bridgehead atoms. The molecule has 3 N–H and O–H groups in total. The van der Waals surface area contributed by atoms with Crippen molar-refractivity contribution in [2.24, 2.45) is 22.2 Å². The van der Waals surface area contributed by atoms with Crippen LogP contribution >= 0.6 is 57.7 Å². The zero-order chi connectivity index (χ0) is 75.5. The third-order valence-electron chi connectivity index (χ3n) is 17.2. The number of esters is 6. The number of unbranched alkanes of at least 4 members (excludes halogenated alkanes) is 1. The van der Waals surface area contributed by atoms with Crippen LogP contribution in [0.25, 0.3) is 4.85 Å². The molecule has 1 aliphatic rings. The van der Waals surface area contributed by atoms with Crippen molar-refractivity contribution >= 4 is 126 Å². The lowest BCUT2D eigenvalue weighted by molar-refractivity contribution is -0.288. The van der Waals surface area contributed by atoms with Crippen LogP contribution in [0.1, 0.15) is 155 Å². The number of likely N-dealkylation sites (N-methyl/N-ethyl adjacent to an activating group) is 1. The number of carboxylic acids is 1. The Balaban J connectivity index is 2.87. The number of amides is 1. The highest BCUT2D eigenvalue weighted by Gasteiger charge is 2.56. The van der Waals surface area contributed by atoms with Gasteiger partial charge in [-0.3, -0.25) is 43.2 Å². The van der Waals surface area contributed by atoms with Gasteiger partial charge in [0, 0.05) is 74.2 Å². The maximum atomic E-state index is 15.4. The highest BCUT2D eigenvalue weighted by Crippen LogP contribution is 2.54. The lowest BCUT2D eigenvalue weighted by Crippen LogP contribution is -2.56. The van der Waals surface area contributed by atoms with E-state index in [0.717, 1.165) is 11.8 Å². The number of hydrogen-bond acceptors (Lipinski definition) is 27. The van der Waals surface area contributed by atoms with Crippen LogP contribution in [0, 0.1) is 28.7 Å². The molecule has 2 heterocycles. The molecule has 0 aromatic carbocycles. The number of aliphatic hydroxyl groups excluding tert-OH is 1. The number of thiol groups is 1. The van der Waals surface area contributed by atoms with Crippen LogP contribution in [0.5, 0.6) is 0 Å². The van der Waals surface area contributed by atoms with E-state index in [0.29, 0.717) is 36.6 Å². The zero-order valence-corrected chi connectivity index (χ0v) is 65.6. The molecule has 32 heteroatoms. The summed E-state index contributed by atoms with van der Waals surface area (Å²) in [6.07, 6.45) is -3.10. The minimum absolute atomic E-state index is 0.0186. The number of hydrogen-bond donors (Lipinski definition) is 4. The number of pyridine rings is 1. The maximum Gasteiger partial charge on any atom is 0.319 e. The summed E-state index contributed by atoms with van der Waals surface area (Å²) in [6.45, 7) is 30.2. The molecule has 1 aromatic rings. The molecular formula is C68H110B2N4O21S5. The third kappa shape index (κ3) is 31.1. The summed E-state index contributed by atoms with van der Waals surface area (Å²) in [5.41, 5.74) is -6.56. The van der Waals surface area contributed by atoms with E-state index in [9.17, 15) is 39.0 Å². The number of nitrogens with one attached hydrogen (secondary N) is 1. The summed E-state index contributed by atoms with van der Waals surface area (Å²) < 4.78 is 55.8. The van der Waals surface area contributed by atoms with Crippen LogP contribution in [0.3, 0.4) is 0 Å². The second kappa shape index (κ2) is 45.0. The van der Waals surface area contributed by atoms with Gasteiger partial charge in [-0.2, -0.15) is 12.6 Å². The van der Waals surface area contributed by atoms with Crippen molar-refractivity contribution in [1.82, 2.24) is 15.2 Å². The first kappa shape index (κ1) is 91.6. The number of carbonyl (C=O) groups excluding carboxylic acids is 8. The molecular weight excluding hydrogens is 1390 g/mol. The summed E-state index contributed by atoms with van der Waals surface area (Å²) in [4.78, 5) is 135. The molecule has 2 rings (SSSR count). The minimum Gasteiger partial charge on any atom is -0.480 e. The number of carboxylic acid groups (broad SMARTS) is 1. The Kier molecular flexibility index (Phi) is 41.3. The number of nitrogens with zero attached hydrogens (tertiary/aromatic N) is 3. The number of ether oxygens (including phenoxy) is 10. The molecule has 0 spiro atoms.